The number of nitrogens with two attached hydrogens (primary N) is 2. The molecule has 0 spiro atoms. The van der Waals surface area contributed by atoms with Gasteiger partial charge in [-0.25, -0.2) is 4.79 Å². The first kappa shape index (κ1) is 27.3. The molecule has 10 N–H and O–H groups in total. The van der Waals surface area contributed by atoms with Gasteiger partial charge in [0.05, 0.1) is 18.7 Å². The Balaban J connectivity index is 2.12. The van der Waals surface area contributed by atoms with Gasteiger partial charge in [-0.1, -0.05) is 18.2 Å². The lowest BCUT2D eigenvalue weighted by molar-refractivity contribution is -0.144. The molecule has 35 heavy (non-hydrogen) atoms. The zero-order chi connectivity index (χ0) is 26.1. The molecular weight excluding hydrogens is 460 g/mol. The quantitative estimate of drug-likeness (QED) is 0.154. The Bertz CT molecular complexity index is 1080. The lowest BCUT2D eigenvalue weighted by atomic mass is 10.0. The van der Waals surface area contributed by atoms with E-state index in [1.165, 1.54) is 6.92 Å². The molecular formula is C22H30N6O7. The molecule has 1 aromatic heterocycles. The number of aliphatic hydroxyl groups is 1. The molecule has 0 aliphatic heterocycles. The van der Waals surface area contributed by atoms with E-state index < -0.39 is 60.4 Å². The number of carboxylic acid groups (broad SMARTS) is 1. The lowest BCUT2D eigenvalue weighted by Crippen LogP contribution is -2.55. The first-order valence-corrected chi connectivity index (χ1v) is 10.9. The van der Waals surface area contributed by atoms with Gasteiger partial charge in [-0.15, -0.1) is 0 Å². The molecule has 2 aromatic rings. The number of carbonyl (C=O) groups excluding carboxylic acids is 4. The van der Waals surface area contributed by atoms with Gasteiger partial charge < -0.3 is 42.6 Å². The number of amides is 4. The molecule has 4 amide bonds. The van der Waals surface area contributed by atoms with Crippen LogP contribution >= 0.6 is 0 Å². The summed E-state index contributed by atoms with van der Waals surface area (Å²) >= 11 is 0. The van der Waals surface area contributed by atoms with Crippen molar-refractivity contribution < 1.29 is 34.2 Å². The number of hydrogen-bond acceptors (Lipinski definition) is 7. The molecule has 13 nitrogen and oxygen atoms in total. The summed E-state index contributed by atoms with van der Waals surface area (Å²) in [5.74, 6) is -4.30. The highest BCUT2D eigenvalue weighted by molar-refractivity contribution is 5.93. The molecule has 0 aliphatic carbocycles. The predicted molar refractivity (Wildman–Crippen MR) is 125 cm³/mol. The monoisotopic (exact) mass is 490 g/mol. The molecule has 13 heteroatoms. The fraction of sp³-hybridized carbons (Fsp3) is 0.409. The Morgan fingerprint density at radius 3 is 2.40 bits per heavy atom. The molecule has 4 atom stereocenters. The van der Waals surface area contributed by atoms with E-state index in [0.717, 1.165) is 16.5 Å². The molecule has 0 bridgehead atoms. The van der Waals surface area contributed by atoms with E-state index in [-0.39, 0.29) is 19.3 Å². The molecule has 0 fully saturated rings. The Morgan fingerprint density at radius 2 is 1.77 bits per heavy atom. The Kier molecular flexibility index (Phi) is 9.73. The van der Waals surface area contributed by atoms with Crippen molar-refractivity contribution in [3.8, 4) is 0 Å². The largest absolute Gasteiger partial charge is 0.480 e. The number of carbonyl (C=O) groups is 5. The third-order valence-electron chi connectivity index (χ3n) is 5.26. The smallest absolute Gasteiger partial charge is 0.328 e. The maximum atomic E-state index is 12.9. The number of benzene rings is 1. The second-order valence-corrected chi connectivity index (χ2v) is 8.08. The van der Waals surface area contributed by atoms with Crippen molar-refractivity contribution >= 4 is 40.5 Å². The van der Waals surface area contributed by atoms with Gasteiger partial charge >= 0.3 is 5.97 Å². The maximum Gasteiger partial charge on any atom is 0.328 e. The van der Waals surface area contributed by atoms with Crippen LogP contribution in [0.5, 0.6) is 0 Å². The molecule has 0 aliphatic rings. The number of carboxylic acids is 1. The van der Waals surface area contributed by atoms with E-state index in [1.807, 2.05) is 24.3 Å². The topological polar surface area (TPSA) is 230 Å². The van der Waals surface area contributed by atoms with Crippen LogP contribution in [0, 0.1) is 0 Å². The Morgan fingerprint density at radius 1 is 1.09 bits per heavy atom. The fourth-order valence-electron chi connectivity index (χ4n) is 3.34. The molecule has 0 saturated carbocycles. The van der Waals surface area contributed by atoms with Crippen LogP contribution in [0.2, 0.25) is 0 Å². The van der Waals surface area contributed by atoms with Crippen molar-refractivity contribution in [2.45, 2.75) is 50.4 Å². The minimum Gasteiger partial charge on any atom is -0.480 e. The average Bonchev–Trinajstić information content (AvgIpc) is 3.21. The van der Waals surface area contributed by atoms with E-state index in [9.17, 15) is 29.1 Å². The number of H-pyrrole nitrogens is 1. The molecule has 190 valence electrons. The highest BCUT2D eigenvalue weighted by Crippen LogP contribution is 2.19. The lowest BCUT2D eigenvalue weighted by Gasteiger charge is -2.21. The summed E-state index contributed by atoms with van der Waals surface area (Å²) in [5.41, 5.74) is 12.4. The van der Waals surface area contributed by atoms with Gasteiger partial charge in [0.2, 0.25) is 23.6 Å². The molecule has 0 saturated heterocycles. The number of aromatic nitrogens is 1. The Hall–Kier alpha value is -3.97. The SMILES string of the molecule is CC(O)C(NC(=O)CNC(=O)C(Cc1c[nH]c2ccccc12)NC(=O)C(N)CCC(N)=O)C(=O)O. The van der Waals surface area contributed by atoms with Crippen LogP contribution in [0.1, 0.15) is 25.3 Å². The summed E-state index contributed by atoms with van der Waals surface area (Å²) < 4.78 is 0. The number of para-hydroxylation sites is 1. The number of rotatable bonds is 13. The van der Waals surface area contributed by atoms with Crippen LogP contribution in [0.3, 0.4) is 0 Å². The van der Waals surface area contributed by atoms with E-state index in [1.54, 1.807) is 6.20 Å². The van der Waals surface area contributed by atoms with Gasteiger partial charge in [-0.05, 0) is 25.0 Å². The zero-order valence-corrected chi connectivity index (χ0v) is 19.1. The summed E-state index contributed by atoms with van der Waals surface area (Å²) in [6.07, 6.45) is 0.264. The highest BCUT2D eigenvalue weighted by Gasteiger charge is 2.28. The number of aliphatic hydroxyl groups excluding tert-OH is 1. The first-order chi connectivity index (χ1) is 16.5. The second-order valence-electron chi connectivity index (χ2n) is 8.08. The molecule has 1 heterocycles. The van der Waals surface area contributed by atoms with Gasteiger partial charge in [0.25, 0.3) is 0 Å². The summed E-state index contributed by atoms with van der Waals surface area (Å²) in [7, 11) is 0. The number of hydrogen-bond donors (Lipinski definition) is 8. The van der Waals surface area contributed by atoms with Crippen LogP contribution in [-0.2, 0) is 30.4 Å². The molecule has 0 radical (unpaired) electrons. The van der Waals surface area contributed by atoms with Crippen LogP contribution in [0.15, 0.2) is 30.5 Å². The maximum absolute atomic E-state index is 12.9. The Labute approximate surface area is 200 Å². The van der Waals surface area contributed by atoms with Crippen LogP contribution < -0.4 is 27.4 Å². The molecule has 4 unspecified atom stereocenters. The van der Waals surface area contributed by atoms with Gasteiger partial charge in [-0.2, -0.15) is 0 Å². The van der Waals surface area contributed by atoms with E-state index in [0.29, 0.717) is 0 Å². The van der Waals surface area contributed by atoms with Gasteiger partial charge in [0.15, 0.2) is 6.04 Å². The van der Waals surface area contributed by atoms with Crippen molar-refractivity contribution in [1.82, 2.24) is 20.9 Å². The average molecular weight is 491 g/mol. The summed E-state index contributed by atoms with van der Waals surface area (Å²) in [6, 6.07) is 3.56. The number of fused-ring (bicyclic) bond motifs is 1. The van der Waals surface area contributed by atoms with E-state index >= 15 is 0 Å². The van der Waals surface area contributed by atoms with Crippen molar-refractivity contribution in [1.29, 1.82) is 0 Å². The molecule has 2 rings (SSSR count). The highest BCUT2D eigenvalue weighted by atomic mass is 16.4. The third kappa shape index (κ3) is 8.08. The first-order valence-electron chi connectivity index (χ1n) is 10.9. The van der Waals surface area contributed by atoms with Crippen LogP contribution in [0.25, 0.3) is 10.9 Å². The summed E-state index contributed by atoms with van der Waals surface area (Å²) in [4.78, 5) is 62.7. The van der Waals surface area contributed by atoms with Gasteiger partial charge in [-0.3, -0.25) is 19.2 Å². The normalized spacial score (nSPS) is 14.4. The van der Waals surface area contributed by atoms with Gasteiger partial charge in [0.1, 0.15) is 6.04 Å². The summed E-state index contributed by atoms with van der Waals surface area (Å²) in [5, 5.41) is 26.4. The second kappa shape index (κ2) is 12.5. The predicted octanol–water partition coefficient (Wildman–Crippen LogP) is -2.15. The third-order valence-corrected chi connectivity index (χ3v) is 5.26. The number of aromatic amines is 1. The zero-order valence-electron chi connectivity index (χ0n) is 19.1. The van der Waals surface area contributed by atoms with Crippen molar-refractivity contribution in [3.05, 3.63) is 36.0 Å². The van der Waals surface area contributed by atoms with Crippen LogP contribution in [0.4, 0.5) is 0 Å². The van der Waals surface area contributed by atoms with Gasteiger partial charge in [0, 0.05) is 29.9 Å². The fourth-order valence-corrected chi connectivity index (χ4v) is 3.34. The van der Waals surface area contributed by atoms with E-state index in [2.05, 4.69) is 20.9 Å². The van der Waals surface area contributed by atoms with Crippen molar-refractivity contribution in [3.63, 3.8) is 0 Å². The summed E-state index contributed by atoms with van der Waals surface area (Å²) in [6.45, 7) is 0.606. The van der Waals surface area contributed by atoms with E-state index in [4.69, 9.17) is 16.6 Å². The minimum absolute atomic E-state index is 0.0130. The molecule has 1 aromatic carbocycles. The standard InChI is InChI=1S/C22H30N6O7/c1-11(29)19(22(34)35)28-18(31)10-26-21(33)16(27-20(32)14(23)6-7-17(24)30)8-12-9-25-15-5-3-2-4-13(12)15/h2-5,9,11,14,16,19,25,29H,6-8,10,23H2,1H3,(H2,24,30)(H,26,33)(H,27,32)(H,28,31)(H,34,35). The number of aliphatic carboxylic acids is 1. The van der Waals surface area contributed by atoms with Crippen LogP contribution in [-0.4, -0.2) is 75.6 Å². The number of nitrogens with one attached hydrogen (secondary N) is 4. The van der Waals surface area contributed by atoms with Crippen molar-refractivity contribution in [2.75, 3.05) is 6.54 Å². The minimum atomic E-state index is -1.55. The van der Waals surface area contributed by atoms with Crippen molar-refractivity contribution in [2.24, 2.45) is 11.5 Å². The number of primary amides is 1.